The first-order chi connectivity index (χ1) is 8.22. The molecule has 0 aliphatic carbocycles. The van der Waals surface area contributed by atoms with Gasteiger partial charge in [-0.2, -0.15) is 0 Å². The Labute approximate surface area is 110 Å². The second-order valence-corrected chi connectivity index (χ2v) is 4.65. The Morgan fingerprint density at radius 1 is 1.29 bits per heavy atom. The molecule has 2 nitrogen and oxygen atoms in total. The molecule has 1 aromatic rings. The molecule has 0 radical (unpaired) electrons. The van der Waals surface area contributed by atoms with Gasteiger partial charge in [-0.05, 0) is 44.0 Å². The summed E-state index contributed by atoms with van der Waals surface area (Å²) in [6.07, 6.45) is 3.28. The van der Waals surface area contributed by atoms with Gasteiger partial charge in [0.15, 0.2) is 0 Å². The molecule has 0 aromatic heterocycles. The Bertz CT molecular complexity index is 339. The predicted molar refractivity (Wildman–Crippen MR) is 77.0 cm³/mol. The van der Waals surface area contributed by atoms with Crippen molar-refractivity contribution in [2.45, 2.75) is 33.1 Å². The minimum atomic E-state index is 0.645. The average Bonchev–Trinajstić information content (AvgIpc) is 2.33. The van der Waals surface area contributed by atoms with Crippen LogP contribution < -0.4 is 10.6 Å². The number of rotatable bonds is 7. The van der Waals surface area contributed by atoms with E-state index in [9.17, 15) is 0 Å². The summed E-state index contributed by atoms with van der Waals surface area (Å²) in [5.74, 6) is 0. The normalized spacial score (nSPS) is 10.6. The SMILES string of the molecule is CCCCN(CC)c1ccc(CCN)c(Cl)c1. The van der Waals surface area contributed by atoms with Crippen LogP contribution in [-0.2, 0) is 6.42 Å². The van der Waals surface area contributed by atoms with Crippen LogP contribution >= 0.6 is 11.6 Å². The third-order valence-corrected chi connectivity index (χ3v) is 3.33. The number of hydrogen-bond donors (Lipinski definition) is 1. The van der Waals surface area contributed by atoms with Crippen LogP contribution in [0.2, 0.25) is 5.02 Å². The largest absolute Gasteiger partial charge is 0.372 e. The number of nitrogens with two attached hydrogens (primary N) is 1. The molecule has 1 rings (SSSR count). The van der Waals surface area contributed by atoms with Crippen molar-refractivity contribution in [1.82, 2.24) is 0 Å². The van der Waals surface area contributed by atoms with Gasteiger partial charge in [-0.25, -0.2) is 0 Å². The van der Waals surface area contributed by atoms with E-state index < -0.39 is 0 Å². The summed E-state index contributed by atoms with van der Waals surface area (Å²) in [5, 5.41) is 0.836. The van der Waals surface area contributed by atoms with Crippen molar-refractivity contribution in [2.24, 2.45) is 5.73 Å². The molecule has 0 bridgehead atoms. The van der Waals surface area contributed by atoms with Crippen molar-refractivity contribution in [3.8, 4) is 0 Å². The Morgan fingerprint density at radius 3 is 2.59 bits per heavy atom. The molecule has 0 atom stereocenters. The lowest BCUT2D eigenvalue weighted by Crippen LogP contribution is -2.23. The highest BCUT2D eigenvalue weighted by molar-refractivity contribution is 6.31. The molecule has 0 unspecified atom stereocenters. The number of unbranched alkanes of at least 4 members (excludes halogenated alkanes) is 1. The van der Waals surface area contributed by atoms with Crippen LogP contribution in [0.5, 0.6) is 0 Å². The molecule has 96 valence electrons. The quantitative estimate of drug-likeness (QED) is 0.807. The van der Waals surface area contributed by atoms with E-state index in [1.807, 2.05) is 0 Å². The molecule has 0 spiro atoms. The number of nitrogens with zero attached hydrogens (tertiary/aromatic N) is 1. The van der Waals surface area contributed by atoms with E-state index in [1.165, 1.54) is 18.5 Å². The maximum atomic E-state index is 6.26. The smallest absolute Gasteiger partial charge is 0.0459 e. The van der Waals surface area contributed by atoms with Crippen molar-refractivity contribution < 1.29 is 0 Å². The van der Waals surface area contributed by atoms with E-state index in [1.54, 1.807) is 0 Å². The zero-order valence-electron chi connectivity index (χ0n) is 10.9. The maximum Gasteiger partial charge on any atom is 0.0459 e. The van der Waals surface area contributed by atoms with Crippen molar-refractivity contribution in [1.29, 1.82) is 0 Å². The van der Waals surface area contributed by atoms with Gasteiger partial charge >= 0.3 is 0 Å². The zero-order chi connectivity index (χ0) is 12.7. The van der Waals surface area contributed by atoms with Crippen molar-refractivity contribution in [3.05, 3.63) is 28.8 Å². The van der Waals surface area contributed by atoms with Crippen molar-refractivity contribution >= 4 is 17.3 Å². The summed E-state index contributed by atoms with van der Waals surface area (Å²) in [7, 11) is 0. The fourth-order valence-electron chi connectivity index (χ4n) is 1.91. The average molecular weight is 255 g/mol. The molecule has 3 heteroatoms. The van der Waals surface area contributed by atoms with Gasteiger partial charge in [-0.15, -0.1) is 0 Å². The van der Waals surface area contributed by atoms with Gasteiger partial charge in [0.05, 0.1) is 0 Å². The number of hydrogen-bond acceptors (Lipinski definition) is 2. The standard InChI is InChI=1S/C14H23ClN2/c1-3-5-10-17(4-2)13-7-6-12(8-9-16)14(15)11-13/h6-7,11H,3-5,8-10,16H2,1-2H3. The molecule has 0 aliphatic rings. The summed E-state index contributed by atoms with van der Waals surface area (Å²) < 4.78 is 0. The van der Waals surface area contributed by atoms with Crippen LogP contribution in [0, 0.1) is 0 Å². The lowest BCUT2D eigenvalue weighted by molar-refractivity contribution is 0.732. The van der Waals surface area contributed by atoms with Gasteiger partial charge in [0, 0.05) is 23.8 Å². The summed E-state index contributed by atoms with van der Waals surface area (Å²) in [6, 6.07) is 6.31. The number of halogens is 1. The number of benzene rings is 1. The van der Waals surface area contributed by atoms with E-state index in [2.05, 4.69) is 36.9 Å². The Balaban J connectivity index is 2.79. The predicted octanol–water partition coefficient (Wildman–Crippen LogP) is 3.47. The molecule has 1 aromatic carbocycles. The Morgan fingerprint density at radius 2 is 2.06 bits per heavy atom. The van der Waals surface area contributed by atoms with Gasteiger partial charge in [0.25, 0.3) is 0 Å². The third kappa shape index (κ3) is 4.21. The number of anilines is 1. The van der Waals surface area contributed by atoms with Gasteiger partial charge in [-0.3, -0.25) is 0 Å². The highest BCUT2D eigenvalue weighted by atomic mass is 35.5. The van der Waals surface area contributed by atoms with Gasteiger partial charge in [0.2, 0.25) is 0 Å². The van der Waals surface area contributed by atoms with E-state index >= 15 is 0 Å². The topological polar surface area (TPSA) is 29.3 Å². The monoisotopic (exact) mass is 254 g/mol. The molecule has 2 N–H and O–H groups in total. The second kappa shape index (κ2) is 7.57. The summed E-state index contributed by atoms with van der Waals surface area (Å²) >= 11 is 6.26. The fraction of sp³-hybridized carbons (Fsp3) is 0.571. The molecule has 0 saturated heterocycles. The summed E-state index contributed by atoms with van der Waals surface area (Å²) in [4.78, 5) is 2.36. The summed E-state index contributed by atoms with van der Waals surface area (Å²) in [5.41, 5.74) is 7.91. The first-order valence-corrected chi connectivity index (χ1v) is 6.84. The highest BCUT2D eigenvalue weighted by Crippen LogP contribution is 2.24. The second-order valence-electron chi connectivity index (χ2n) is 4.25. The van der Waals surface area contributed by atoms with Crippen LogP contribution in [0.25, 0.3) is 0 Å². The first-order valence-electron chi connectivity index (χ1n) is 6.46. The molecule has 0 amide bonds. The minimum absolute atomic E-state index is 0.645. The van der Waals surface area contributed by atoms with Gasteiger partial charge < -0.3 is 10.6 Å². The van der Waals surface area contributed by atoms with Crippen molar-refractivity contribution in [3.63, 3.8) is 0 Å². The summed E-state index contributed by atoms with van der Waals surface area (Å²) in [6.45, 7) is 7.15. The maximum absolute atomic E-state index is 6.26. The molecular weight excluding hydrogens is 232 g/mol. The third-order valence-electron chi connectivity index (χ3n) is 2.98. The van der Waals surface area contributed by atoms with E-state index in [-0.39, 0.29) is 0 Å². The zero-order valence-corrected chi connectivity index (χ0v) is 11.6. The minimum Gasteiger partial charge on any atom is -0.372 e. The molecule has 0 aliphatic heterocycles. The van der Waals surface area contributed by atoms with Crippen LogP contribution in [0.15, 0.2) is 18.2 Å². The van der Waals surface area contributed by atoms with Gasteiger partial charge in [0.1, 0.15) is 0 Å². The molecular formula is C14H23ClN2. The van der Waals surface area contributed by atoms with E-state index in [0.717, 1.165) is 30.1 Å². The van der Waals surface area contributed by atoms with Gasteiger partial charge in [-0.1, -0.05) is 31.0 Å². The molecule has 0 fully saturated rings. The lowest BCUT2D eigenvalue weighted by Gasteiger charge is -2.23. The molecule has 0 saturated carbocycles. The van der Waals surface area contributed by atoms with Crippen LogP contribution in [0.3, 0.4) is 0 Å². The Hall–Kier alpha value is -0.730. The van der Waals surface area contributed by atoms with Crippen LogP contribution in [0.4, 0.5) is 5.69 Å². The van der Waals surface area contributed by atoms with Crippen LogP contribution in [-0.4, -0.2) is 19.6 Å². The van der Waals surface area contributed by atoms with Crippen molar-refractivity contribution in [2.75, 3.05) is 24.5 Å². The van der Waals surface area contributed by atoms with Crippen LogP contribution in [0.1, 0.15) is 32.3 Å². The molecule has 17 heavy (non-hydrogen) atoms. The Kier molecular flexibility index (Phi) is 6.38. The molecule has 0 heterocycles. The van der Waals surface area contributed by atoms with E-state index in [0.29, 0.717) is 6.54 Å². The first kappa shape index (κ1) is 14.3. The highest BCUT2D eigenvalue weighted by Gasteiger charge is 2.06. The fourth-order valence-corrected chi connectivity index (χ4v) is 2.18. The lowest BCUT2D eigenvalue weighted by atomic mass is 10.1. The van der Waals surface area contributed by atoms with E-state index in [4.69, 9.17) is 17.3 Å².